The Bertz CT molecular complexity index is 1410. The third-order valence-electron chi connectivity index (χ3n) is 4.82. The summed E-state index contributed by atoms with van der Waals surface area (Å²) < 4.78 is 0. The van der Waals surface area contributed by atoms with Crippen LogP contribution >= 0.6 is 0 Å². The molecule has 8 aromatic rings. The lowest BCUT2D eigenvalue weighted by atomic mass is 10.4. The molecule has 0 unspecified atom stereocenters. The van der Waals surface area contributed by atoms with Crippen LogP contribution in [-0.2, 0) is 0 Å². The lowest BCUT2D eigenvalue weighted by Crippen LogP contribution is -1.84. The van der Waals surface area contributed by atoms with Crippen molar-refractivity contribution < 1.29 is 0 Å². The molecule has 0 aliphatic heterocycles. The maximum Gasteiger partial charge on any atom is 0.165 e. The summed E-state index contributed by atoms with van der Waals surface area (Å²) in [6.45, 7) is 0. The van der Waals surface area contributed by atoms with E-state index in [0.29, 0.717) is 5.65 Å². The number of hydrogen-bond acceptors (Lipinski definition) is 15. The van der Waals surface area contributed by atoms with E-state index in [9.17, 15) is 0 Å². The van der Waals surface area contributed by atoms with Gasteiger partial charge in [0.05, 0.1) is 41.9 Å². The van der Waals surface area contributed by atoms with Crippen molar-refractivity contribution in [1.82, 2.24) is 74.8 Å². The first-order valence-electron chi connectivity index (χ1n) is 11.4. The Kier molecular flexibility index (Phi) is 8.47. The van der Waals surface area contributed by atoms with E-state index in [4.69, 9.17) is 0 Å². The summed E-state index contributed by atoms with van der Waals surface area (Å²) >= 11 is 0. The van der Waals surface area contributed by atoms with Gasteiger partial charge in [-0.05, 0) is 6.07 Å². The molecule has 8 heterocycles. The molecule has 0 saturated carbocycles. The highest BCUT2D eigenvalue weighted by Gasteiger charge is 1.92. The van der Waals surface area contributed by atoms with E-state index in [2.05, 4.69) is 74.8 Å². The highest BCUT2D eigenvalue weighted by atomic mass is 14.9. The Morgan fingerprint density at radius 3 is 1.12 bits per heavy atom. The fourth-order valence-electron chi connectivity index (χ4n) is 3.01. The van der Waals surface area contributed by atoms with Gasteiger partial charge in [0, 0.05) is 31.0 Å². The van der Waals surface area contributed by atoms with Crippen molar-refractivity contribution in [2.24, 2.45) is 0 Å². The number of fused-ring (bicyclic) bond motifs is 4. The van der Waals surface area contributed by atoms with Crippen molar-refractivity contribution in [3.8, 4) is 0 Å². The van der Waals surface area contributed by atoms with E-state index in [1.807, 2.05) is 6.07 Å². The number of aromatic nitrogens is 15. The first-order valence-corrected chi connectivity index (χ1v) is 11.4. The summed E-state index contributed by atoms with van der Waals surface area (Å²) in [5.41, 5.74) is 5.51. The minimum atomic E-state index is 0.685. The van der Waals surface area contributed by atoms with Crippen LogP contribution in [-0.4, -0.2) is 74.8 Å². The quantitative estimate of drug-likeness (QED) is 0.278. The molecule has 0 radical (unpaired) electrons. The SMILES string of the molecule is c1cc2nccnc2cn1.c1ncc2cncnc2n1.c1ncc2ncncc2n1.c1ncc2ncncc2n1. The number of nitrogens with zero attached hydrogens (tertiary/aromatic N) is 15. The molecule has 15 heteroatoms. The minimum absolute atomic E-state index is 0.685. The molecule has 0 atom stereocenters. The van der Waals surface area contributed by atoms with Gasteiger partial charge in [-0.1, -0.05) is 0 Å². The molecular formula is C25H17N15. The van der Waals surface area contributed by atoms with Crippen LogP contribution in [0.1, 0.15) is 0 Å². The van der Waals surface area contributed by atoms with Gasteiger partial charge in [0.1, 0.15) is 65.5 Å². The van der Waals surface area contributed by atoms with E-state index in [1.54, 1.807) is 62.0 Å². The van der Waals surface area contributed by atoms with Crippen LogP contribution in [0.4, 0.5) is 0 Å². The molecule has 8 rings (SSSR count). The van der Waals surface area contributed by atoms with Crippen molar-refractivity contribution in [3.63, 3.8) is 0 Å². The average Bonchev–Trinajstić information content (AvgIpc) is 3.06. The lowest BCUT2D eigenvalue weighted by molar-refractivity contribution is 1.13. The number of pyridine rings is 1. The highest BCUT2D eigenvalue weighted by Crippen LogP contribution is 2.03. The minimum Gasteiger partial charge on any atom is -0.262 e. The van der Waals surface area contributed by atoms with Gasteiger partial charge in [-0.2, -0.15) is 0 Å². The topological polar surface area (TPSA) is 193 Å². The second kappa shape index (κ2) is 13.3. The largest absolute Gasteiger partial charge is 0.262 e. The predicted molar refractivity (Wildman–Crippen MR) is 143 cm³/mol. The summed E-state index contributed by atoms with van der Waals surface area (Å²) in [6, 6.07) is 1.84. The molecule has 0 bridgehead atoms. The van der Waals surface area contributed by atoms with Crippen LogP contribution < -0.4 is 0 Å². The van der Waals surface area contributed by atoms with Gasteiger partial charge in [0.2, 0.25) is 0 Å². The molecule has 40 heavy (non-hydrogen) atoms. The zero-order valence-corrected chi connectivity index (χ0v) is 20.5. The summed E-state index contributed by atoms with van der Waals surface area (Å²) in [4.78, 5) is 58.6. The van der Waals surface area contributed by atoms with Crippen molar-refractivity contribution in [2.75, 3.05) is 0 Å². The van der Waals surface area contributed by atoms with Crippen LogP contribution in [0.15, 0.2) is 106 Å². The molecule has 8 aromatic heterocycles. The first-order chi connectivity index (χ1) is 19.9. The van der Waals surface area contributed by atoms with E-state index < -0.39 is 0 Å². The normalized spacial score (nSPS) is 10.0. The fourth-order valence-corrected chi connectivity index (χ4v) is 3.01. The summed E-state index contributed by atoms with van der Waals surface area (Å²) in [5.74, 6) is 0. The van der Waals surface area contributed by atoms with Crippen LogP contribution in [0.3, 0.4) is 0 Å². The number of rotatable bonds is 0. The van der Waals surface area contributed by atoms with E-state index in [1.165, 1.54) is 38.0 Å². The fraction of sp³-hybridized carbons (Fsp3) is 0. The Balaban J connectivity index is 0.000000108. The van der Waals surface area contributed by atoms with Gasteiger partial charge in [-0.15, -0.1) is 0 Å². The second-order valence-electron chi connectivity index (χ2n) is 7.38. The molecule has 0 amide bonds. The average molecular weight is 528 g/mol. The Morgan fingerprint density at radius 2 is 0.675 bits per heavy atom. The zero-order valence-electron chi connectivity index (χ0n) is 20.5. The maximum atomic E-state index is 4.08. The lowest BCUT2D eigenvalue weighted by Gasteiger charge is -1.90. The van der Waals surface area contributed by atoms with Gasteiger partial charge in [0.25, 0.3) is 0 Å². The van der Waals surface area contributed by atoms with Gasteiger partial charge >= 0.3 is 0 Å². The molecule has 0 fully saturated rings. The van der Waals surface area contributed by atoms with Crippen molar-refractivity contribution >= 4 is 44.1 Å². The smallest absolute Gasteiger partial charge is 0.165 e. The van der Waals surface area contributed by atoms with Crippen LogP contribution in [0.2, 0.25) is 0 Å². The van der Waals surface area contributed by atoms with Crippen molar-refractivity contribution in [3.05, 3.63) is 106 Å². The summed E-state index contributed by atoms with van der Waals surface area (Å²) in [6.07, 6.45) is 25.6. The molecule has 15 nitrogen and oxygen atoms in total. The van der Waals surface area contributed by atoms with Crippen LogP contribution in [0, 0.1) is 0 Å². The molecule has 0 aromatic carbocycles. The zero-order chi connectivity index (χ0) is 27.2. The molecular weight excluding hydrogens is 510 g/mol. The Morgan fingerprint density at radius 1 is 0.300 bits per heavy atom. The van der Waals surface area contributed by atoms with Gasteiger partial charge < -0.3 is 0 Å². The van der Waals surface area contributed by atoms with Gasteiger partial charge in [-0.3, -0.25) is 15.0 Å². The summed E-state index contributed by atoms with van der Waals surface area (Å²) in [7, 11) is 0. The molecule has 192 valence electrons. The van der Waals surface area contributed by atoms with E-state index >= 15 is 0 Å². The second-order valence-corrected chi connectivity index (χ2v) is 7.38. The first kappa shape index (κ1) is 25.4. The third-order valence-corrected chi connectivity index (χ3v) is 4.82. The Hall–Kier alpha value is -6.25. The third kappa shape index (κ3) is 6.94. The van der Waals surface area contributed by atoms with Crippen LogP contribution in [0.5, 0.6) is 0 Å². The summed E-state index contributed by atoms with van der Waals surface area (Å²) in [5, 5.41) is 0.866. The Labute approximate surface area is 225 Å². The maximum absolute atomic E-state index is 4.08. The predicted octanol–water partition coefficient (Wildman–Crippen LogP) is 2.28. The molecule has 0 aliphatic carbocycles. The number of hydrogen-bond donors (Lipinski definition) is 0. The molecule has 0 aliphatic rings. The van der Waals surface area contributed by atoms with Crippen molar-refractivity contribution in [2.45, 2.75) is 0 Å². The highest BCUT2D eigenvalue weighted by molar-refractivity contribution is 5.72. The molecule has 0 saturated heterocycles. The monoisotopic (exact) mass is 527 g/mol. The van der Waals surface area contributed by atoms with Crippen molar-refractivity contribution in [1.29, 1.82) is 0 Å². The van der Waals surface area contributed by atoms with Crippen LogP contribution in [0.25, 0.3) is 44.1 Å². The van der Waals surface area contributed by atoms with Gasteiger partial charge in [0.15, 0.2) is 5.65 Å². The van der Waals surface area contributed by atoms with Gasteiger partial charge in [-0.25, -0.2) is 59.8 Å². The van der Waals surface area contributed by atoms with E-state index in [0.717, 1.165) is 38.5 Å². The van der Waals surface area contributed by atoms with E-state index in [-0.39, 0.29) is 0 Å². The molecule has 0 N–H and O–H groups in total. The molecule has 0 spiro atoms. The standard InChI is InChI=1S/C7H5N3.3C6H4N4/c1-2-8-5-7-6(1)9-3-4-10-7;2*1-5-6(10-3-7-1)2-8-4-9-5;1-5-2-8-4-10-6(5)9-3-7-1/h1-5H;3*1-4H.